The Morgan fingerprint density at radius 1 is 0.444 bits per heavy atom. The molecule has 10 aromatic rings. The Kier molecular flexibility index (Phi) is 111. The summed E-state index contributed by atoms with van der Waals surface area (Å²) in [4.78, 5) is 14.8. The van der Waals surface area contributed by atoms with Gasteiger partial charge in [0.15, 0.2) is 12.3 Å². The van der Waals surface area contributed by atoms with Gasteiger partial charge in [-0.15, -0.1) is 11.3 Å². The molecule has 0 saturated heterocycles. The van der Waals surface area contributed by atoms with Gasteiger partial charge in [0.05, 0.1) is 30.7 Å². The molecule has 0 spiro atoms. The van der Waals surface area contributed by atoms with Crippen LogP contribution in [0, 0.1) is 62.3 Å². The maximum absolute atomic E-state index is 4.83. The minimum Gasteiger partial charge on any atom is -0.472 e. The van der Waals surface area contributed by atoms with Crippen molar-refractivity contribution in [2.75, 3.05) is 0 Å². The zero-order chi connectivity index (χ0) is 64.8. The van der Waals surface area contributed by atoms with E-state index in [0.717, 1.165) is 17.3 Å². The average Bonchev–Trinajstić information content (AvgIpc) is 4.36. The smallest absolute Gasteiger partial charge is 0.190 e. The molecule has 0 aliphatic rings. The Hall–Kier alpha value is -6.56. The van der Waals surface area contributed by atoms with Crippen LogP contribution < -0.4 is 0 Å². The van der Waals surface area contributed by atoms with Crippen molar-refractivity contribution in [1.82, 2.24) is 24.5 Å². The monoisotopic (exact) mass is 1160 g/mol. The van der Waals surface area contributed by atoms with E-state index in [1.807, 2.05) is 275 Å². The van der Waals surface area contributed by atoms with Gasteiger partial charge in [-0.05, 0) is 149 Å². The van der Waals surface area contributed by atoms with Gasteiger partial charge in [-0.3, -0.25) is 0 Å². The molecule has 0 unspecified atom stereocenters. The molecule has 11 heteroatoms. The second kappa shape index (κ2) is 92.8. The zero-order valence-corrected chi connectivity index (χ0v) is 58.8. The van der Waals surface area contributed by atoms with Crippen molar-refractivity contribution >= 4 is 22.7 Å². The fourth-order valence-electron chi connectivity index (χ4n) is 3.74. The van der Waals surface area contributed by atoms with E-state index in [2.05, 4.69) is 98.5 Å². The molecule has 2 N–H and O–H groups in total. The van der Waals surface area contributed by atoms with Crippen LogP contribution in [0.15, 0.2) is 206 Å². The van der Waals surface area contributed by atoms with Crippen LogP contribution in [0.1, 0.15) is 189 Å². The van der Waals surface area contributed by atoms with Crippen molar-refractivity contribution in [3.8, 4) is 0 Å². The molecule has 10 rings (SSSR count). The molecule has 0 radical (unpaired) electrons. The van der Waals surface area contributed by atoms with Crippen molar-refractivity contribution in [2.24, 2.45) is 7.05 Å². The first-order chi connectivity index (χ1) is 39.4. The predicted octanol–water partition coefficient (Wildman–Crippen LogP) is 25.2. The molecule has 464 valence electrons. The van der Waals surface area contributed by atoms with Gasteiger partial charge in [0, 0.05) is 55.5 Å². The van der Waals surface area contributed by atoms with Crippen LogP contribution >= 0.6 is 22.7 Å². The quantitative estimate of drug-likeness (QED) is 0.156. The highest BCUT2D eigenvalue weighted by Crippen LogP contribution is 2.04. The Bertz CT molecular complexity index is 1750. The molecule has 9 aromatic heterocycles. The van der Waals surface area contributed by atoms with Gasteiger partial charge in [-0.25, -0.2) is 9.97 Å². The highest BCUT2D eigenvalue weighted by Gasteiger charge is 1.80. The summed E-state index contributed by atoms with van der Waals surface area (Å²) >= 11 is 3.52. The number of furan rings is 2. The Balaban J connectivity index is -0.0000000835. The fraction of sp³-hybridized carbons (Fsp3) is 0.429. The zero-order valence-electron chi connectivity index (χ0n) is 57.2. The van der Waals surface area contributed by atoms with Crippen LogP contribution in [0.4, 0.5) is 0 Å². The lowest BCUT2D eigenvalue weighted by molar-refractivity contribution is 0.521. The number of H-pyrrole nitrogens is 2. The summed E-state index contributed by atoms with van der Waals surface area (Å²) in [5.74, 6) is 1.69. The maximum Gasteiger partial charge on any atom is 0.190 e. The molecule has 0 aliphatic carbocycles. The Labute approximate surface area is 508 Å². The molecule has 1 aromatic carbocycles. The van der Waals surface area contributed by atoms with E-state index in [4.69, 9.17) is 13.3 Å². The van der Waals surface area contributed by atoms with E-state index in [9.17, 15) is 0 Å². The molecule has 0 atom stereocenters. The van der Waals surface area contributed by atoms with Crippen LogP contribution in [0.25, 0.3) is 0 Å². The number of hydrogen-bond acceptors (Lipinski definition) is 8. The van der Waals surface area contributed by atoms with E-state index in [0.29, 0.717) is 0 Å². The molecule has 9 heterocycles. The minimum absolute atomic E-state index is 0.718. The molecule has 81 heavy (non-hydrogen) atoms. The van der Waals surface area contributed by atoms with E-state index in [1.165, 1.54) is 39.2 Å². The lowest BCUT2D eigenvalue weighted by atomic mass is 10.2. The van der Waals surface area contributed by atoms with Gasteiger partial charge in [-0.2, -0.15) is 11.3 Å². The van der Waals surface area contributed by atoms with Gasteiger partial charge < -0.3 is 32.2 Å². The SMILES string of the molecule is CC.CC.CC.CC.CC.CC.CC.CC.CC.CC.Cc1cc[nH]c1.Cc1ccc[nH]1.Cc1ccccc1.Cc1ccco1.Cc1cccs1.Cc1ccoc1.Cc1ccsc1.Cc1cocn1.Cc1ncco1.Cn1cccc1. The number of benzene rings is 1. The third-order valence-electron chi connectivity index (χ3n) is 6.97. The average molecular weight is 1160 g/mol. The largest absolute Gasteiger partial charge is 0.472 e. The normalized spacial score (nSPS) is 7.38. The number of nitrogens with zero attached hydrogens (tertiary/aromatic N) is 3. The maximum atomic E-state index is 4.83. The second-order valence-electron chi connectivity index (χ2n) is 13.0. The number of rotatable bonds is 0. The van der Waals surface area contributed by atoms with E-state index in [-0.39, 0.29) is 0 Å². The molecular formula is C70H123N5O4S2. The predicted molar refractivity (Wildman–Crippen MR) is 369 cm³/mol. The number of nitrogens with one attached hydrogen (secondary N) is 2. The van der Waals surface area contributed by atoms with Crippen molar-refractivity contribution in [1.29, 1.82) is 0 Å². The van der Waals surface area contributed by atoms with Crippen LogP contribution in [0.3, 0.4) is 0 Å². The summed E-state index contributed by atoms with van der Waals surface area (Å²) in [7, 11) is 2.00. The topological polar surface area (TPSA) is 115 Å². The molecule has 0 fully saturated rings. The van der Waals surface area contributed by atoms with Crippen molar-refractivity contribution in [3.05, 3.63) is 238 Å². The number of thiophene rings is 2. The van der Waals surface area contributed by atoms with Crippen molar-refractivity contribution in [2.45, 2.75) is 201 Å². The summed E-state index contributed by atoms with van der Waals surface area (Å²) in [5.41, 5.74) is 7.29. The third kappa shape index (κ3) is 90.3. The van der Waals surface area contributed by atoms with Gasteiger partial charge >= 0.3 is 0 Å². The molecule has 0 saturated carbocycles. The molecule has 0 bridgehead atoms. The number of hydrogen-bond donors (Lipinski definition) is 2. The second-order valence-corrected chi connectivity index (χ2v) is 14.9. The van der Waals surface area contributed by atoms with Gasteiger partial charge in [0.1, 0.15) is 18.3 Å². The fourth-order valence-corrected chi connectivity index (χ4v) is 4.93. The van der Waals surface area contributed by atoms with Crippen LogP contribution in [-0.4, -0.2) is 24.5 Å². The lowest BCUT2D eigenvalue weighted by Crippen LogP contribution is -1.75. The number of aromatic nitrogens is 5. The van der Waals surface area contributed by atoms with Gasteiger partial charge in [-0.1, -0.05) is 180 Å². The van der Waals surface area contributed by atoms with Crippen LogP contribution in [0.5, 0.6) is 0 Å². The van der Waals surface area contributed by atoms with E-state index in [1.54, 1.807) is 67.1 Å². The lowest BCUT2D eigenvalue weighted by Gasteiger charge is -1.82. The summed E-state index contributed by atoms with van der Waals surface area (Å²) in [5, 5.41) is 6.28. The van der Waals surface area contributed by atoms with Gasteiger partial charge in [0.25, 0.3) is 0 Å². The number of aryl methyl sites for hydroxylation is 10. The number of aromatic amines is 2. The van der Waals surface area contributed by atoms with Crippen molar-refractivity contribution in [3.63, 3.8) is 0 Å². The van der Waals surface area contributed by atoms with Gasteiger partial charge in [0.2, 0.25) is 0 Å². The number of oxazole rings is 2. The van der Waals surface area contributed by atoms with Crippen molar-refractivity contribution < 1.29 is 17.7 Å². The Morgan fingerprint density at radius 3 is 1.16 bits per heavy atom. The molecule has 9 nitrogen and oxygen atoms in total. The molecule has 0 amide bonds. The first-order valence-corrected chi connectivity index (χ1v) is 31.2. The standard InChI is InChI=1S/C7H8.3C5H7N.2C5H6O.2C5H6S.2C4H5NO.10C2H6/c1-7-5-3-2-4-6-7;1-5-2-3-6-4-5;1-6-4-2-3-5-6;1-5-3-2-4-6-5;1-5-2-3-6-4-5;1-5-3-2-4-6-5;1-5-2-3-6-4-5;1-5-3-2-4-6-5;1-4-2-6-3-5-4;1-4-5-2-3-6-4;10*1-2/h2-6H,1H3;2-4,6H,1H3;2-5H,1H3;2-4,6H,1H3;4*2-4H,1H3;2*2-3H,1H3;10*1-2H3. The van der Waals surface area contributed by atoms with Crippen LogP contribution in [0.2, 0.25) is 0 Å². The summed E-state index contributed by atoms with van der Waals surface area (Å²) in [6.45, 7) is 57.9. The molecular weight excluding hydrogens is 1040 g/mol. The highest BCUT2D eigenvalue weighted by atomic mass is 32.1. The first-order valence-electron chi connectivity index (χ1n) is 29.4. The first kappa shape index (κ1) is 96.7. The molecule has 0 aliphatic heterocycles. The highest BCUT2D eigenvalue weighted by molar-refractivity contribution is 7.09. The summed E-state index contributed by atoms with van der Waals surface area (Å²) < 4.78 is 20.9. The Morgan fingerprint density at radius 2 is 1.02 bits per heavy atom. The summed E-state index contributed by atoms with van der Waals surface area (Å²) in [6.07, 6.45) is 21.0. The van der Waals surface area contributed by atoms with E-state index >= 15 is 0 Å². The minimum atomic E-state index is 0.718. The van der Waals surface area contributed by atoms with E-state index < -0.39 is 0 Å². The third-order valence-corrected chi connectivity index (χ3v) is 8.57. The van der Waals surface area contributed by atoms with Crippen LogP contribution in [-0.2, 0) is 7.05 Å². The summed E-state index contributed by atoms with van der Waals surface area (Å²) in [6, 6.07) is 32.3.